The van der Waals surface area contributed by atoms with E-state index in [9.17, 15) is 14.3 Å². The van der Waals surface area contributed by atoms with Crippen molar-refractivity contribution in [1.82, 2.24) is 15.1 Å². The van der Waals surface area contributed by atoms with E-state index < -0.39 is 6.10 Å². The number of benzene rings is 1. The van der Waals surface area contributed by atoms with Crippen LogP contribution in [0.25, 0.3) is 0 Å². The van der Waals surface area contributed by atoms with Crippen molar-refractivity contribution >= 4 is 5.91 Å². The number of aliphatic hydroxyl groups excluding tert-OH is 1. The number of hydrogen-bond acceptors (Lipinski definition) is 4. The molecule has 144 valence electrons. The number of aromatic amines is 1. The molecule has 0 radical (unpaired) electrons. The van der Waals surface area contributed by atoms with E-state index in [2.05, 4.69) is 10.2 Å². The van der Waals surface area contributed by atoms with Gasteiger partial charge in [0.2, 0.25) is 5.91 Å². The topological polar surface area (TPSA) is 78.5 Å². The number of aryl methyl sites for hydroxylation is 1. The number of H-pyrrole nitrogens is 1. The van der Waals surface area contributed by atoms with E-state index in [1.165, 1.54) is 12.1 Å². The number of aromatic nitrogens is 2. The lowest BCUT2D eigenvalue weighted by Gasteiger charge is -2.35. The van der Waals surface area contributed by atoms with Gasteiger partial charge < -0.3 is 14.7 Å². The highest BCUT2D eigenvalue weighted by Crippen LogP contribution is 2.38. The lowest BCUT2D eigenvalue weighted by Crippen LogP contribution is -2.42. The molecule has 1 saturated heterocycles. The highest BCUT2D eigenvalue weighted by molar-refractivity contribution is 5.76. The molecule has 1 saturated carbocycles. The Bertz CT molecular complexity index is 765. The molecule has 4 atom stereocenters. The van der Waals surface area contributed by atoms with Crippen molar-refractivity contribution in [2.24, 2.45) is 11.8 Å². The fraction of sp³-hybridized carbons (Fsp3) is 0.500. The molecule has 2 heterocycles. The number of aliphatic hydroxyl groups is 1. The number of ether oxygens (including phenoxy) is 1. The van der Waals surface area contributed by atoms with Gasteiger partial charge in [-0.05, 0) is 60.9 Å². The monoisotopic (exact) mass is 373 g/mol. The Balaban J connectivity index is 1.32. The second-order valence-electron chi connectivity index (χ2n) is 7.57. The Labute approximate surface area is 157 Å². The van der Waals surface area contributed by atoms with Gasteiger partial charge >= 0.3 is 0 Å². The van der Waals surface area contributed by atoms with Crippen LogP contribution < -0.4 is 4.74 Å². The molecular weight excluding hydrogens is 349 g/mol. The number of likely N-dealkylation sites (tertiary alicyclic amines) is 1. The van der Waals surface area contributed by atoms with Gasteiger partial charge in [0.05, 0.1) is 12.3 Å². The van der Waals surface area contributed by atoms with E-state index >= 15 is 0 Å². The largest absolute Gasteiger partial charge is 0.488 e. The van der Waals surface area contributed by atoms with E-state index in [1.54, 1.807) is 18.3 Å². The summed E-state index contributed by atoms with van der Waals surface area (Å²) in [6, 6.07) is 5.86. The molecule has 0 bridgehead atoms. The smallest absolute Gasteiger partial charge is 0.222 e. The SMILES string of the molecule is O=C(CCc1cn[nH]c1)N1C[C@H]2C[C@@H](Oc3ccc(F)cc3)[C@H](O)C[C@H]2C1. The van der Waals surface area contributed by atoms with Gasteiger partial charge in [-0.2, -0.15) is 5.10 Å². The van der Waals surface area contributed by atoms with E-state index in [0.29, 0.717) is 56.4 Å². The molecule has 1 aliphatic heterocycles. The van der Waals surface area contributed by atoms with E-state index in [0.717, 1.165) is 5.56 Å². The maximum absolute atomic E-state index is 13.0. The summed E-state index contributed by atoms with van der Waals surface area (Å²) >= 11 is 0. The Morgan fingerprint density at radius 1 is 1.26 bits per heavy atom. The Morgan fingerprint density at radius 2 is 2.00 bits per heavy atom. The third-order valence-electron chi connectivity index (χ3n) is 5.72. The van der Waals surface area contributed by atoms with Crippen molar-refractivity contribution in [3.63, 3.8) is 0 Å². The number of hydrogen-bond donors (Lipinski definition) is 2. The Kier molecular flexibility index (Phi) is 5.11. The van der Waals surface area contributed by atoms with E-state index in [4.69, 9.17) is 4.74 Å². The summed E-state index contributed by atoms with van der Waals surface area (Å²) in [7, 11) is 0. The number of amides is 1. The fourth-order valence-electron chi connectivity index (χ4n) is 4.23. The molecule has 1 aliphatic carbocycles. The third kappa shape index (κ3) is 4.13. The average molecular weight is 373 g/mol. The summed E-state index contributed by atoms with van der Waals surface area (Å²) in [5.41, 5.74) is 1.03. The zero-order chi connectivity index (χ0) is 18.8. The van der Waals surface area contributed by atoms with Crippen LogP contribution in [-0.2, 0) is 11.2 Å². The predicted octanol–water partition coefficient (Wildman–Crippen LogP) is 2.16. The summed E-state index contributed by atoms with van der Waals surface area (Å²) in [5.74, 6) is 1.04. The molecule has 7 heteroatoms. The van der Waals surface area contributed by atoms with Crippen LogP contribution in [0.3, 0.4) is 0 Å². The summed E-state index contributed by atoms with van der Waals surface area (Å²) in [4.78, 5) is 14.5. The van der Waals surface area contributed by atoms with Gasteiger partial charge in [0, 0.05) is 25.7 Å². The zero-order valence-electron chi connectivity index (χ0n) is 15.1. The van der Waals surface area contributed by atoms with Crippen molar-refractivity contribution in [1.29, 1.82) is 0 Å². The standard InChI is InChI=1S/C20H24FN3O3/c21-16-2-4-17(5-3-16)27-19-8-15-12-24(11-14(15)7-18(19)25)20(26)6-1-13-9-22-23-10-13/h2-5,9-10,14-15,18-19,25H,1,6-8,11-12H2,(H,22,23)/t14-,15+,18+,19+/m0/s1. The molecule has 4 rings (SSSR count). The summed E-state index contributed by atoms with van der Waals surface area (Å²) in [5, 5.41) is 17.1. The Morgan fingerprint density at radius 3 is 2.70 bits per heavy atom. The van der Waals surface area contributed by atoms with Gasteiger partial charge in [-0.3, -0.25) is 9.89 Å². The second kappa shape index (κ2) is 7.68. The first-order valence-electron chi connectivity index (χ1n) is 9.44. The summed E-state index contributed by atoms with van der Waals surface area (Å²) in [6.07, 6.45) is 5.14. The van der Waals surface area contributed by atoms with Crippen LogP contribution in [-0.4, -0.2) is 51.4 Å². The van der Waals surface area contributed by atoms with Gasteiger partial charge in [0.15, 0.2) is 0 Å². The molecule has 2 fully saturated rings. The molecule has 1 aromatic carbocycles. The second-order valence-corrected chi connectivity index (χ2v) is 7.57. The van der Waals surface area contributed by atoms with Gasteiger partial charge in [-0.15, -0.1) is 0 Å². The minimum atomic E-state index is -0.572. The van der Waals surface area contributed by atoms with Gasteiger partial charge in [-0.1, -0.05) is 0 Å². The third-order valence-corrected chi connectivity index (χ3v) is 5.72. The number of fused-ring (bicyclic) bond motifs is 1. The van der Waals surface area contributed by atoms with Crippen molar-refractivity contribution in [2.75, 3.05) is 13.1 Å². The van der Waals surface area contributed by atoms with Crippen LogP contribution in [0.15, 0.2) is 36.7 Å². The molecule has 1 aromatic heterocycles. The first kappa shape index (κ1) is 18.0. The predicted molar refractivity (Wildman–Crippen MR) is 96.5 cm³/mol. The summed E-state index contributed by atoms with van der Waals surface area (Å²) in [6.45, 7) is 1.42. The quantitative estimate of drug-likeness (QED) is 0.842. The van der Waals surface area contributed by atoms with Gasteiger partial charge in [0.1, 0.15) is 17.7 Å². The summed E-state index contributed by atoms with van der Waals surface area (Å²) < 4.78 is 18.9. The minimum absolute atomic E-state index is 0.149. The van der Waals surface area contributed by atoms with Gasteiger partial charge in [0.25, 0.3) is 0 Å². The van der Waals surface area contributed by atoms with Crippen molar-refractivity contribution in [3.8, 4) is 5.75 Å². The first-order chi connectivity index (χ1) is 13.1. The Hall–Kier alpha value is -2.41. The molecule has 0 unspecified atom stereocenters. The number of carbonyl (C=O) groups is 1. The van der Waals surface area contributed by atoms with Gasteiger partial charge in [-0.25, -0.2) is 4.39 Å². The lowest BCUT2D eigenvalue weighted by atomic mass is 9.78. The molecule has 2 N–H and O–H groups in total. The molecule has 27 heavy (non-hydrogen) atoms. The molecule has 0 spiro atoms. The number of nitrogens with one attached hydrogen (secondary N) is 1. The number of carbonyl (C=O) groups excluding carboxylic acids is 1. The maximum atomic E-state index is 13.0. The van der Waals surface area contributed by atoms with Crippen LogP contribution >= 0.6 is 0 Å². The maximum Gasteiger partial charge on any atom is 0.222 e. The molecule has 2 aliphatic rings. The minimum Gasteiger partial charge on any atom is -0.488 e. The highest BCUT2D eigenvalue weighted by Gasteiger charge is 2.43. The number of rotatable bonds is 5. The van der Waals surface area contributed by atoms with E-state index in [1.807, 2.05) is 11.1 Å². The molecule has 6 nitrogen and oxygen atoms in total. The fourth-order valence-corrected chi connectivity index (χ4v) is 4.23. The number of halogens is 1. The van der Waals surface area contributed by atoms with Crippen LogP contribution in [0.2, 0.25) is 0 Å². The van der Waals surface area contributed by atoms with Crippen LogP contribution in [0.5, 0.6) is 5.75 Å². The van der Waals surface area contributed by atoms with Crippen LogP contribution in [0.4, 0.5) is 4.39 Å². The lowest BCUT2D eigenvalue weighted by molar-refractivity contribution is -0.130. The van der Waals surface area contributed by atoms with E-state index in [-0.39, 0.29) is 17.8 Å². The normalized spacial score (nSPS) is 27.4. The molecular formula is C20H24FN3O3. The number of nitrogens with zero attached hydrogens (tertiary/aromatic N) is 2. The van der Waals surface area contributed by atoms with Crippen molar-refractivity contribution in [2.45, 2.75) is 37.9 Å². The zero-order valence-corrected chi connectivity index (χ0v) is 15.1. The van der Waals surface area contributed by atoms with Crippen molar-refractivity contribution in [3.05, 3.63) is 48.0 Å². The average Bonchev–Trinajstić information content (AvgIpc) is 3.31. The van der Waals surface area contributed by atoms with Crippen LogP contribution in [0.1, 0.15) is 24.8 Å². The van der Waals surface area contributed by atoms with Crippen molar-refractivity contribution < 1.29 is 19.0 Å². The molecule has 1 amide bonds. The van der Waals surface area contributed by atoms with Crippen LogP contribution in [0, 0.1) is 17.7 Å². The first-order valence-corrected chi connectivity index (χ1v) is 9.44. The highest BCUT2D eigenvalue weighted by atomic mass is 19.1. The molecule has 2 aromatic rings.